The van der Waals surface area contributed by atoms with E-state index in [0.717, 1.165) is 37.6 Å². The third kappa shape index (κ3) is 5.08. The van der Waals surface area contributed by atoms with Gasteiger partial charge in [0, 0.05) is 19.4 Å². The summed E-state index contributed by atoms with van der Waals surface area (Å²) in [5.74, 6) is 2.85. The molecule has 1 N–H and O–H groups in total. The van der Waals surface area contributed by atoms with Gasteiger partial charge in [-0.05, 0) is 62.2 Å². The molecule has 0 aromatic rings. The predicted octanol–water partition coefficient (Wildman–Crippen LogP) is 3.46. The Hall–Kier alpha value is -1.32. The van der Waals surface area contributed by atoms with Gasteiger partial charge in [0.15, 0.2) is 0 Å². The maximum absolute atomic E-state index is 11.7. The number of allylic oxidation sites excluding steroid dienone is 2. The highest BCUT2D eigenvalue weighted by molar-refractivity contribution is 5.75. The maximum atomic E-state index is 11.7. The lowest BCUT2D eigenvalue weighted by Gasteiger charge is -2.29. The number of carbonyl (C=O) groups is 2. The van der Waals surface area contributed by atoms with Crippen molar-refractivity contribution < 1.29 is 14.3 Å². The Bertz CT molecular complexity index is 432. The quantitative estimate of drug-likeness (QED) is 0.402. The lowest BCUT2D eigenvalue weighted by molar-refractivity contribution is -0.140. The van der Waals surface area contributed by atoms with Gasteiger partial charge in [-0.2, -0.15) is 0 Å². The van der Waals surface area contributed by atoms with Crippen LogP contribution in [-0.4, -0.2) is 25.5 Å². The first-order valence-electron chi connectivity index (χ1n) is 9.15. The first kappa shape index (κ1) is 18.0. The molecule has 1 amide bonds. The number of unbranched alkanes of at least 4 members (excludes halogenated alkanes) is 1. The Morgan fingerprint density at radius 2 is 2.00 bits per heavy atom. The largest absolute Gasteiger partial charge is 0.469 e. The van der Waals surface area contributed by atoms with Crippen molar-refractivity contribution in [3.8, 4) is 0 Å². The van der Waals surface area contributed by atoms with Crippen LogP contribution in [0, 0.1) is 23.7 Å². The fourth-order valence-corrected chi connectivity index (χ4v) is 4.32. The fourth-order valence-electron chi connectivity index (χ4n) is 4.32. The van der Waals surface area contributed by atoms with Gasteiger partial charge in [-0.25, -0.2) is 0 Å². The Balaban J connectivity index is 1.78. The van der Waals surface area contributed by atoms with Crippen molar-refractivity contribution in [1.29, 1.82) is 0 Å². The molecular weight excluding hydrogens is 290 g/mol. The molecule has 2 bridgehead atoms. The Kier molecular flexibility index (Phi) is 7.13. The second-order valence-electron chi connectivity index (χ2n) is 7.03. The molecule has 2 aliphatic carbocycles. The Morgan fingerprint density at radius 1 is 1.22 bits per heavy atom. The molecule has 4 nitrogen and oxygen atoms in total. The summed E-state index contributed by atoms with van der Waals surface area (Å²) < 4.78 is 4.66. The summed E-state index contributed by atoms with van der Waals surface area (Å²) in [7, 11) is 1.44. The van der Waals surface area contributed by atoms with Crippen LogP contribution in [0.4, 0.5) is 0 Å². The molecule has 2 rings (SSSR count). The van der Waals surface area contributed by atoms with Crippen LogP contribution in [0.15, 0.2) is 12.2 Å². The van der Waals surface area contributed by atoms with E-state index < -0.39 is 0 Å². The van der Waals surface area contributed by atoms with E-state index in [9.17, 15) is 9.59 Å². The van der Waals surface area contributed by atoms with Crippen molar-refractivity contribution in [3.63, 3.8) is 0 Å². The van der Waals surface area contributed by atoms with Crippen LogP contribution in [-0.2, 0) is 14.3 Å². The third-order valence-electron chi connectivity index (χ3n) is 5.51. The second kappa shape index (κ2) is 9.09. The minimum absolute atomic E-state index is 0.130. The number of ether oxygens (including phenoxy) is 1. The molecule has 0 heterocycles. The molecule has 0 saturated heterocycles. The summed E-state index contributed by atoms with van der Waals surface area (Å²) >= 11 is 0. The van der Waals surface area contributed by atoms with Gasteiger partial charge >= 0.3 is 5.97 Å². The lowest BCUT2D eigenvalue weighted by Crippen LogP contribution is -2.35. The van der Waals surface area contributed by atoms with Gasteiger partial charge in [-0.3, -0.25) is 9.59 Å². The van der Waals surface area contributed by atoms with E-state index in [1.807, 2.05) is 6.92 Å². The number of hydrogen-bond donors (Lipinski definition) is 1. The van der Waals surface area contributed by atoms with E-state index >= 15 is 0 Å². The van der Waals surface area contributed by atoms with E-state index in [2.05, 4.69) is 22.2 Å². The van der Waals surface area contributed by atoms with Gasteiger partial charge in [0.05, 0.1) is 7.11 Å². The Morgan fingerprint density at radius 3 is 2.74 bits per heavy atom. The van der Waals surface area contributed by atoms with Gasteiger partial charge in [0.2, 0.25) is 5.91 Å². The number of hydrogen-bond acceptors (Lipinski definition) is 3. The molecule has 4 heteroatoms. The van der Waals surface area contributed by atoms with Crippen molar-refractivity contribution >= 4 is 11.9 Å². The molecule has 0 aromatic heterocycles. The second-order valence-corrected chi connectivity index (χ2v) is 7.03. The first-order chi connectivity index (χ1) is 11.2. The first-order valence-corrected chi connectivity index (χ1v) is 9.15. The van der Waals surface area contributed by atoms with Gasteiger partial charge in [-0.1, -0.05) is 19.1 Å². The van der Waals surface area contributed by atoms with E-state index in [1.54, 1.807) is 0 Å². The number of nitrogens with one attached hydrogen (secondary N) is 1. The molecule has 130 valence electrons. The van der Waals surface area contributed by atoms with Gasteiger partial charge in [-0.15, -0.1) is 0 Å². The number of esters is 1. The van der Waals surface area contributed by atoms with Crippen LogP contribution in [0.25, 0.3) is 0 Å². The average Bonchev–Trinajstić information content (AvgIpc) is 3.14. The van der Waals surface area contributed by atoms with Gasteiger partial charge in [0.1, 0.15) is 0 Å². The highest BCUT2D eigenvalue weighted by Crippen LogP contribution is 2.52. The van der Waals surface area contributed by atoms with E-state index in [-0.39, 0.29) is 11.9 Å². The summed E-state index contributed by atoms with van der Waals surface area (Å²) in [5.41, 5.74) is 0. The normalized spacial score (nSPS) is 29.1. The minimum Gasteiger partial charge on any atom is -0.469 e. The standard InChI is InChI=1S/C19H31NO3/c1-3-7-18(21)20-13-17-15-11-10-14(12-15)16(17)8-5-4-6-9-19(22)23-2/h5,8,14-17H,3-4,6-7,9-13H2,1-2H3,(H,20,21)/b8-5-/t14-,15+,16+,17?/m1/s1. The Labute approximate surface area is 140 Å². The molecule has 2 fully saturated rings. The monoisotopic (exact) mass is 321 g/mol. The zero-order valence-electron chi connectivity index (χ0n) is 14.6. The SMILES string of the molecule is CCCC(=O)NCC1[C@H]2CC[C@H](C2)[C@@H]1/C=C\CCCC(=O)OC. The predicted molar refractivity (Wildman–Crippen MR) is 90.7 cm³/mol. The molecule has 0 aromatic carbocycles. The van der Waals surface area contributed by atoms with Crippen molar-refractivity contribution in [2.75, 3.05) is 13.7 Å². The van der Waals surface area contributed by atoms with E-state index in [0.29, 0.717) is 24.7 Å². The molecule has 0 radical (unpaired) electrons. The number of fused-ring (bicyclic) bond motifs is 2. The summed E-state index contributed by atoms with van der Waals surface area (Å²) in [5, 5.41) is 3.13. The van der Waals surface area contributed by atoms with Crippen LogP contribution in [0.1, 0.15) is 58.3 Å². The van der Waals surface area contributed by atoms with Crippen LogP contribution in [0.2, 0.25) is 0 Å². The lowest BCUT2D eigenvalue weighted by atomic mass is 9.79. The zero-order valence-corrected chi connectivity index (χ0v) is 14.6. The number of methoxy groups -OCH3 is 1. The van der Waals surface area contributed by atoms with Crippen LogP contribution in [0.5, 0.6) is 0 Å². The zero-order chi connectivity index (χ0) is 16.7. The third-order valence-corrected chi connectivity index (χ3v) is 5.51. The molecule has 1 unspecified atom stereocenters. The number of carbonyl (C=O) groups excluding carboxylic acids is 2. The molecule has 2 saturated carbocycles. The highest BCUT2D eigenvalue weighted by atomic mass is 16.5. The topological polar surface area (TPSA) is 55.4 Å². The minimum atomic E-state index is -0.130. The number of rotatable bonds is 9. The van der Waals surface area contributed by atoms with Crippen molar-refractivity contribution in [2.24, 2.45) is 23.7 Å². The average molecular weight is 321 g/mol. The van der Waals surface area contributed by atoms with Crippen molar-refractivity contribution in [3.05, 3.63) is 12.2 Å². The fraction of sp³-hybridized carbons (Fsp3) is 0.789. The summed E-state index contributed by atoms with van der Waals surface area (Å²) in [4.78, 5) is 22.8. The van der Waals surface area contributed by atoms with Crippen LogP contribution < -0.4 is 5.32 Å². The summed E-state index contributed by atoms with van der Waals surface area (Å²) in [6.45, 7) is 2.87. The summed E-state index contributed by atoms with van der Waals surface area (Å²) in [6.07, 6.45) is 12.4. The van der Waals surface area contributed by atoms with E-state index in [1.165, 1.54) is 26.4 Å². The number of amides is 1. The molecule has 0 spiro atoms. The van der Waals surface area contributed by atoms with Crippen LogP contribution >= 0.6 is 0 Å². The van der Waals surface area contributed by atoms with E-state index in [4.69, 9.17) is 0 Å². The van der Waals surface area contributed by atoms with Gasteiger partial charge in [0.25, 0.3) is 0 Å². The molecule has 23 heavy (non-hydrogen) atoms. The highest BCUT2D eigenvalue weighted by Gasteiger charge is 2.45. The van der Waals surface area contributed by atoms with Crippen molar-refractivity contribution in [1.82, 2.24) is 5.32 Å². The van der Waals surface area contributed by atoms with Crippen LogP contribution in [0.3, 0.4) is 0 Å². The van der Waals surface area contributed by atoms with Crippen molar-refractivity contribution in [2.45, 2.75) is 58.3 Å². The molecule has 2 aliphatic rings. The smallest absolute Gasteiger partial charge is 0.305 e. The molecule has 4 atom stereocenters. The molecule has 0 aliphatic heterocycles. The molecular formula is C19H31NO3. The summed E-state index contributed by atoms with van der Waals surface area (Å²) in [6, 6.07) is 0. The van der Waals surface area contributed by atoms with Gasteiger partial charge < -0.3 is 10.1 Å². The maximum Gasteiger partial charge on any atom is 0.305 e.